The monoisotopic (exact) mass is 434 g/mol. The van der Waals surface area contributed by atoms with Gasteiger partial charge in [-0.25, -0.2) is 14.4 Å². The predicted octanol–water partition coefficient (Wildman–Crippen LogP) is 3.58. The molecule has 166 valence electrons. The van der Waals surface area contributed by atoms with Crippen molar-refractivity contribution in [1.29, 1.82) is 0 Å². The third kappa shape index (κ3) is 3.74. The number of aryl methyl sites for hydroxylation is 1. The van der Waals surface area contributed by atoms with Crippen molar-refractivity contribution in [3.63, 3.8) is 0 Å². The summed E-state index contributed by atoms with van der Waals surface area (Å²) in [5.41, 5.74) is 5.43. The number of likely N-dealkylation sites (tertiary alicyclic amines) is 1. The molecule has 3 aromatic rings. The highest BCUT2D eigenvalue weighted by atomic mass is 19.1. The average Bonchev–Trinajstić information content (AvgIpc) is 3.43. The Labute approximate surface area is 186 Å². The Morgan fingerprint density at radius 2 is 2.00 bits per heavy atom. The van der Waals surface area contributed by atoms with Gasteiger partial charge in [-0.15, -0.1) is 0 Å². The minimum absolute atomic E-state index is 0.000628. The smallest absolute Gasteiger partial charge is 0.274 e. The standard InChI is InChI=1S/C24H27FN6O/c1-30(2)24-26-13-19(15-8-10-17(25)11-9-15)21(27-24)16-5-4-12-31(14-16)23(32)22-18-6-3-7-20(18)28-29-22/h8-11,13,16H,3-7,12,14H2,1-2H3,(H,28,29)/t16-/m1/s1. The molecule has 0 saturated carbocycles. The number of carbonyl (C=O) groups excluding carboxylic acids is 1. The van der Waals surface area contributed by atoms with E-state index in [0.717, 1.165) is 60.2 Å². The Kier molecular flexibility index (Phi) is 5.36. The normalized spacial score (nSPS) is 18.0. The van der Waals surface area contributed by atoms with Crippen LogP contribution in [-0.2, 0) is 12.8 Å². The molecule has 1 saturated heterocycles. The molecule has 0 unspecified atom stereocenters. The number of fused-ring (bicyclic) bond motifs is 1. The van der Waals surface area contributed by atoms with Gasteiger partial charge in [0, 0.05) is 56.1 Å². The van der Waals surface area contributed by atoms with Gasteiger partial charge >= 0.3 is 0 Å². The van der Waals surface area contributed by atoms with Gasteiger partial charge in [-0.2, -0.15) is 5.10 Å². The minimum Gasteiger partial charge on any atom is -0.347 e. The number of aromatic amines is 1. The molecule has 0 spiro atoms. The van der Waals surface area contributed by atoms with Crippen LogP contribution in [-0.4, -0.2) is 58.2 Å². The summed E-state index contributed by atoms with van der Waals surface area (Å²) in [6.07, 6.45) is 6.59. The number of halogens is 1. The van der Waals surface area contributed by atoms with E-state index in [2.05, 4.69) is 15.2 Å². The van der Waals surface area contributed by atoms with Crippen molar-refractivity contribution in [1.82, 2.24) is 25.1 Å². The van der Waals surface area contributed by atoms with Crippen LogP contribution < -0.4 is 4.90 Å². The molecule has 5 rings (SSSR count). The van der Waals surface area contributed by atoms with Gasteiger partial charge in [0.15, 0.2) is 5.69 Å². The highest BCUT2D eigenvalue weighted by Crippen LogP contribution is 2.35. The zero-order valence-corrected chi connectivity index (χ0v) is 18.4. The van der Waals surface area contributed by atoms with E-state index < -0.39 is 0 Å². The number of amides is 1. The lowest BCUT2D eigenvalue weighted by molar-refractivity contribution is 0.0699. The summed E-state index contributed by atoms with van der Waals surface area (Å²) in [5, 5.41) is 7.39. The molecule has 1 atom stereocenters. The number of H-pyrrole nitrogens is 1. The van der Waals surface area contributed by atoms with Crippen LogP contribution in [0.5, 0.6) is 0 Å². The Bertz CT molecular complexity index is 1140. The summed E-state index contributed by atoms with van der Waals surface area (Å²) in [4.78, 5) is 26.5. The molecule has 3 heterocycles. The summed E-state index contributed by atoms with van der Waals surface area (Å²) in [6.45, 7) is 1.30. The Hall–Kier alpha value is -3.29. The van der Waals surface area contributed by atoms with E-state index >= 15 is 0 Å². The molecule has 1 aromatic carbocycles. The molecule has 2 aliphatic rings. The zero-order chi connectivity index (χ0) is 22.2. The average molecular weight is 435 g/mol. The number of anilines is 1. The topological polar surface area (TPSA) is 78.0 Å². The largest absolute Gasteiger partial charge is 0.347 e. The second-order valence-electron chi connectivity index (χ2n) is 8.84. The number of hydrogen-bond acceptors (Lipinski definition) is 5. The number of nitrogens with one attached hydrogen (secondary N) is 1. The first-order valence-corrected chi connectivity index (χ1v) is 11.2. The van der Waals surface area contributed by atoms with Crippen LogP contribution in [0, 0.1) is 5.82 Å². The van der Waals surface area contributed by atoms with E-state index in [1.54, 1.807) is 12.1 Å². The first-order valence-electron chi connectivity index (χ1n) is 11.2. The first-order chi connectivity index (χ1) is 15.5. The van der Waals surface area contributed by atoms with Crippen LogP contribution in [0.1, 0.15) is 52.6 Å². The van der Waals surface area contributed by atoms with Crippen molar-refractivity contribution in [2.75, 3.05) is 32.1 Å². The van der Waals surface area contributed by atoms with Crippen LogP contribution in [0.15, 0.2) is 30.5 Å². The number of nitrogens with zero attached hydrogens (tertiary/aromatic N) is 5. The molecule has 0 radical (unpaired) electrons. The number of benzene rings is 1. The van der Waals surface area contributed by atoms with E-state index in [9.17, 15) is 9.18 Å². The molecule has 8 heteroatoms. The molecule has 1 aliphatic carbocycles. The van der Waals surface area contributed by atoms with Crippen molar-refractivity contribution in [2.24, 2.45) is 0 Å². The second kappa shape index (κ2) is 8.33. The summed E-state index contributed by atoms with van der Waals surface area (Å²) < 4.78 is 13.5. The van der Waals surface area contributed by atoms with Crippen molar-refractivity contribution in [2.45, 2.75) is 38.0 Å². The molecule has 0 bridgehead atoms. The Morgan fingerprint density at radius 3 is 2.78 bits per heavy atom. The van der Waals surface area contributed by atoms with Gasteiger partial charge in [-0.3, -0.25) is 9.89 Å². The van der Waals surface area contributed by atoms with Gasteiger partial charge in [0.1, 0.15) is 5.82 Å². The number of carbonyl (C=O) groups is 1. The van der Waals surface area contributed by atoms with Crippen LogP contribution >= 0.6 is 0 Å². The van der Waals surface area contributed by atoms with Crippen molar-refractivity contribution >= 4 is 11.9 Å². The fourth-order valence-corrected chi connectivity index (χ4v) is 4.79. The van der Waals surface area contributed by atoms with E-state index in [0.29, 0.717) is 24.7 Å². The molecule has 1 amide bonds. The van der Waals surface area contributed by atoms with E-state index in [1.165, 1.54) is 12.1 Å². The van der Waals surface area contributed by atoms with Gasteiger partial charge in [0.05, 0.1) is 5.69 Å². The maximum atomic E-state index is 13.5. The van der Waals surface area contributed by atoms with E-state index in [4.69, 9.17) is 4.98 Å². The molecule has 7 nitrogen and oxygen atoms in total. The molecular weight excluding hydrogens is 407 g/mol. The quantitative estimate of drug-likeness (QED) is 0.679. The number of aromatic nitrogens is 4. The fraction of sp³-hybridized carbons (Fsp3) is 0.417. The number of piperidine rings is 1. The van der Waals surface area contributed by atoms with Crippen molar-refractivity contribution in [3.8, 4) is 11.1 Å². The van der Waals surface area contributed by atoms with Crippen molar-refractivity contribution in [3.05, 3.63) is 58.9 Å². The predicted molar refractivity (Wildman–Crippen MR) is 120 cm³/mol. The molecule has 1 aliphatic heterocycles. The van der Waals surface area contributed by atoms with Crippen LogP contribution in [0.3, 0.4) is 0 Å². The number of rotatable bonds is 4. The SMILES string of the molecule is CN(C)c1ncc(-c2ccc(F)cc2)c([C@@H]2CCCN(C(=O)c3n[nH]c4c3CCC4)C2)n1. The zero-order valence-electron chi connectivity index (χ0n) is 18.4. The Balaban J connectivity index is 1.47. The summed E-state index contributed by atoms with van der Waals surface area (Å²) in [7, 11) is 3.82. The van der Waals surface area contributed by atoms with E-state index in [-0.39, 0.29) is 17.6 Å². The van der Waals surface area contributed by atoms with Crippen LogP contribution in [0.4, 0.5) is 10.3 Å². The minimum atomic E-state index is -0.276. The van der Waals surface area contributed by atoms with Gasteiger partial charge in [-0.1, -0.05) is 12.1 Å². The van der Waals surface area contributed by atoms with Crippen molar-refractivity contribution < 1.29 is 9.18 Å². The third-order valence-corrected chi connectivity index (χ3v) is 6.46. The lowest BCUT2D eigenvalue weighted by Gasteiger charge is -2.33. The second-order valence-corrected chi connectivity index (χ2v) is 8.84. The first kappa shape index (κ1) is 20.6. The highest BCUT2D eigenvalue weighted by molar-refractivity contribution is 5.94. The van der Waals surface area contributed by atoms with Gasteiger partial charge in [0.25, 0.3) is 5.91 Å². The summed E-state index contributed by atoms with van der Waals surface area (Å²) >= 11 is 0. The van der Waals surface area contributed by atoms with Gasteiger partial charge < -0.3 is 9.80 Å². The third-order valence-electron chi connectivity index (χ3n) is 6.46. The molecule has 32 heavy (non-hydrogen) atoms. The summed E-state index contributed by atoms with van der Waals surface area (Å²) in [6, 6.07) is 6.42. The maximum Gasteiger partial charge on any atom is 0.274 e. The molecular formula is C24H27FN6O. The molecule has 2 aromatic heterocycles. The fourth-order valence-electron chi connectivity index (χ4n) is 4.79. The van der Waals surface area contributed by atoms with E-state index in [1.807, 2.05) is 30.1 Å². The van der Waals surface area contributed by atoms with Gasteiger partial charge in [-0.05, 0) is 49.8 Å². The molecule has 1 N–H and O–H groups in total. The Morgan fingerprint density at radius 1 is 1.19 bits per heavy atom. The van der Waals surface area contributed by atoms with Crippen LogP contribution in [0.2, 0.25) is 0 Å². The van der Waals surface area contributed by atoms with Gasteiger partial charge in [0.2, 0.25) is 5.95 Å². The lowest BCUT2D eigenvalue weighted by Crippen LogP contribution is -2.40. The lowest BCUT2D eigenvalue weighted by atomic mass is 9.89. The molecule has 1 fully saturated rings. The number of hydrogen-bond donors (Lipinski definition) is 1. The maximum absolute atomic E-state index is 13.5. The highest BCUT2D eigenvalue weighted by Gasteiger charge is 2.32. The van der Waals surface area contributed by atoms with Crippen LogP contribution in [0.25, 0.3) is 11.1 Å². The summed E-state index contributed by atoms with van der Waals surface area (Å²) in [5.74, 6) is 0.419.